The summed E-state index contributed by atoms with van der Waals surface area (Å²) in [6.45, 7) is 3.09. The second-order valence-electron chi connectivity index (χ2n) is 9.73. The Morgan fingerprint density at radius 1 is 0.735 bits per heavy atom. The number of Topliss-reactive ketones (excluding diaryl/α,β-unsaturated/α-hetero) is 2. The smallest absolute Gasteiger partial charge is 0.331 e. The van der Waals surface area contributed by atoms with Crippen LogP contribution in [0.2, 0.25) is 0 Å². The summed E-state index contributed by atoms with van der Waals surface area (Å²) in [7, 11) is 3.04. The van der Waals surface area contributed by atoms with Crippen molar-refractivity contribution in [3.63, 3.8) is 0 Å². The maximum Gasteiger partial charge on any atom is 0.331 e. The van der Waals surface area contributed by atoms with E-state index in [1.54, 1.807) is 0 Å². The fourth-order valence-electron chi connectivity index (χ4n) is 6.03. The molecule has 34 heavy (non-hydrogen) atoms. The monoisotopic (exact) mass is 478 g/mol. The van der Waals surface area contributed by atoms with Gasteiger partial charge in [-0.1, -0.05) is 0 Å². The first-order valence-corrected chi connectivity index (χ1v) is 11.9. The van der Waals surface area contributed by atoms with Crippen LogP contribution in [0, 0.1) is 11.8 Å². The van der Waals surface area contributed by atoms with Gasteiger partial charge in [0.1, 0.15) is 24.3 Å². The van der Waals surface area contributed by atoms with E-state index < -0.39 is 23.0 Å². The van der Waals surface area contributed by atoms with Gasteiger partial charge in [-0.15, -0.1) is 0 Å². The Hall–Kier alpha value is -2.14. The lowest BCUT2D eigenvalue weighted by Gasteiger charge is -2.51. The van der Waals surface area contributed by atoms with Crippen LogP contribution < -0.4 is 0 Å². The maximum absolute atomic E-state index is 12.9. The first-order valence-electron chi connectivity index (χ1n) is 11.9. The standard InChI is InChI=1S/C24H34N2O8/c1-31-13-23(21(29)17-5-9-25(23)10-6-17)15-33-19(27)3-4-20(28)34-16-24(14-32-2)22(30)18-7-11-26(24)12-8-18/h3-4,17-18H,5-16H2,1-2H3/b4-3+/t23-,24-/m1/s1. The lowest BCUT2D eigenvalue weighted by atomic mass is 9.74. The van der Waals surface area contributed by atoms with Crippen LogP contribution in [0.1, 0.15) is 25.7 Å². The average molecular weight is 479 g/mol. The average Bonchev–Trinajstić information content (AvgIpc) is 2.86. The lowest BCUT2D eigenvalue weighted by Crippen LogP contribution is -2.69. The molecule has 6 rings (SSSR count). The molecule has 0 N–H and O–H groups in total. The van der Waals surface area contributed by atoms with Gasteiger partial charge in [0, 0.05) is 64.4 Å². The van der Waals surface area contributed by atoms with Crippen molar-refractivity contribution in [3.8, 4) is 0 Å². The molecule has 0 saturated carbocycles. The summed E-state index contributed by atoms with van der Waals surface area (Å²) in [4.78, 5) is 54.5. The van der Waals surface area contributed by atoms with Gasteiger partial charge in [0.25, 0.3) is 0 Å². The Kier molecular flexibility index (Phi) is 7.51. The molecular formula is C24H34N2O8. The molecule has 6 saturated heterocycles. The number of nitrogens with zero attached hydrogens (tertiary/aromatic N) is 2. The van der Waals surface area contributed by atoms with Gasteiger partial charge in [0.05, 0.1) is 13.2 Å². The highest BCUT2D eigenvalue weighted by atomic mass is 16.5. The van der Waals surface area contributed by atoms with Crippen LogP contribution in [-0.4, -0.2) is 111 Å². The molecule has 6 fully saturated rings. The van der Waals surface area contributed by atoms with Crippen LogP contribution in [0.25, 0.3) is 0 Å². The third-order valence-electron chi connectivity index (χ3n) is 7.89. The predicted octanol–water partition coefficient (Wildman–Crippen LogP) is -0.0112. The van der Waals surface area contributed by atoms with Gasteiger partial charge < -0.3 is 18.9 Å². The third-order valence-corrected chi connectivity index (χ3v) is 7.89. The third kappa shape index (κ3) is 4.44. The van der Waals surface area contributed by atoms with Gasteiger partial charge in [-0.2, -0.15) is 0 Å². The number of hydrogen-bond donors (Lipinski definition) is 0. The van der Waals surface area contributed by atoms with Crippen molar-refractivity contribution < 1.29 is 38.1 Å². The van der Waals surface area contributed by atoms with Gasteiger partial charge in [-0.3, -0.25) is 19.4 Å². The van der Waals surface area contributed by atoms with Crippen LogP contribution in [-0.2, 0) is 38.1 Å². The highest BCUT2D eigenvalue weighted by Crippen LogP contribution is 2.38. The van der Waals surface area contributed by atoms with Gasteiger partial charge in [0.15, 0.2) is 11.6 Å². The Balaban J connectivity index is 1.32. The van der Waals surface area contributed by atoms with E-state index >= 15 is 0 Å². The molecule has 0 amide bonds. The van der Waals surface area contributed by atoms with Gasteiger partial charge >= 0.3 is 11.9 Å². The van der Waals surface area contributed by atoms with E-state index in [1.165, 1.54) is 14.2 Å². The summed E-state index contributed by atoms with van der Waals surface area (Å²) in [5.41, 5.74) is -1.94. The van der Waals surface area contributed by atoms with E-state index in [1.807, 2.05) is 9.80 Å². The van der Waals surface area contributed by atoms with Gasteiger partial charge in [-0.05, 0) is 25.7 Å². The Bertz CT molecular complexity index is 776. The molecule has 4 bridgehead atoms. The number of ketones is 2. The Morgan fingerprint density at radius 3 is 1.38 bits per heavy atom. The van der Waals surface area contributed by atoms with Crippen molar-refractivity contribution in [2.24, 2.45) is 11.8 Å². The minimum Gasteiger partial charge on any atom is -0.460 e. The molecule has 6 aliphatic heterocycles. The summed E-state index contributed by atoms with van der Waals surface area (Å²) in [6.07, 6.45) is 5.23. The van der Waals surface area contributed by atoms with Crippen molar-refractivity contribution in [3.05, 3.63) is 12.2 Å². The number of esters is 2. The second kappa shape index (κ2) is 10.2. The van der Waals surface area contributed by atoms with Crippen LogP contribution in [0.4, 0.5) is 0 Å². The minimum absolute atomic E-state index is 0.0303. The number of ether oxygens (including phenoxy) is 4. The van der Waals surface area contributed by atoms with Crippen molar-refractivity contribution in [1.29, 1.82) is 0 Å². The highest BCUT2D eigenvalue weighted by Gasteiger charge is 2.55. The second-order valence-corrected chi connectivity index (χ2v) is 9.73. The number of methoxy groups -OCH3 is 2. The summed E-state index contributed by atoms with van der Waals surface area (Å²) < 4.78 is 21.3. The first kappa shape index (κ1) is 25.0. The molecule has 2 atom stereocenters. The van der Waals surface area contributed by atoms with Crippen LogP contribution in [0.3, 0.4) is 0 Å². The summed E-state index contributed by atoms with van der Waals surface area (Å²) >= 11 is 0. The van der Waals surface area contributed by atoms with Crippen LogP contribution in [0.5, 0.6) is 0 Å². The molecule has 188 valence electrons. The van der Waals surface area contributed by atoms with Crippen LogP contribution in [0.15, 0.2) is 12.2 Å². The van der Waals surface area contributed by atoms with Crippen molar-refractivity contribution in [2.75, 3.05) is 66.8 Å². The fraction of sp³-hybridized carbons (Fsp3) is 0.750. The summed E-state index contributed by atoms with van der Waals surface area (Å²) in [5, 5.41) is 0. The molecule has 0 aromatic carbocycles. The predicted molar refractivity (Wildman–Crippen MR) is 119 cm³/mol. The zero-order chi connectivity index (χ0) is 24.3. The molecule has 6 heterocycles. The first-order chi connectivity index (χ1) is 16.4. The fourth-order valence-corrected chi connectivity index (χ4v) is 6.03. The molecular weight excluding hydrogens is 444 g/mol. The van der Waals surface area contributed by atoms with E-state index in [0.717, 1.165) is 64.0 Å². The molecule has 0 unspecified atom stereocenters. The number of piperidine rings is 6. The Labute approximate surface area is 199 Å². The zero-order valence-corrected chi connectivity index (χ0v) is 20.0. The highest BCUT2D eigenvalue weighted by molar-refractivity contribution is 5.95. The topological polar surface area (TPSA) is 112 Å². The number of carbonyl (C=O) groups excluding carboxylic acids is 4. The summed E-state index contributed by atoms with van der Waals surface area (Å²) in [6, 6.07) is 0. The normalized spacial score (nSPS) is 36.8. The largest absolute Gasteiger partial charge is 0.460 e. The van der Waals surface area contributed by atoms with E-state index in [2.05, 4.69) is 0 Å². The van der Waals surface area contributed by atoms with Gasteiger partial charge in [0.2, 0.25) is 0 Å². The molecule has 0 spiro atoms. The molecule has 6 aliphatic rings. The molecule has 0 aliphatic carbocycles. The summed E-state index contributed by atoms with van der Waals surface area (Å²) in [5.74, 6) is -1.45. The maximum atomic E-state index is 12.9. The number of hydrogen-bond acceptors (Lipinski definition) is 10. The van der Waals surface area contributed by atoms with Crippen molar-refractivity contribution >= 4 is 23.5 Å². The van der Waals surface area contributed by atoms with E-state index in [9.17, 15) is 19.2 Å². The van der Waals surface area contributed by atoms with E-state index in [-0.39, 0.29) is 49.8 Å². The molecule has 10 nitrogen and oxygen atoms in total. The minimum atomic E-state index is -0.971. The zero-order valence-electron chi connectivity index (χ0n) is 20.0. The van der Waals surface area contributed by atoms with E-state index in [4.69, 9.17) is 18.9 Å². The number of fused-ring (bicyclic) bond motifs is 6. The van der Waals surface area contributed by atoms with Crippen molar-refractivity contribution in [1.82, 2.24) is 9.80 Å². The molecule has 0 aromatic heterocycles. The van der Waals surface area contributed by atoms with E-state index in [0.29, 0.717) is 0 Å². The SMILES string of the molecule is COC[C@@]1(COC(=O)/C=C/C(=O)OC[C@]2(COC)C(=O)C3CCN2CC3)C(=O)C2CCN1CC2. The molecule has 10 heteroatoms. The lowest BCUT2D eigenvalue weighted by molar-refractivity contribution is -0.167. The van der Waals surface area contributed by atoms with Crippen molar-refractivity contribution in [2.45, 2.75) is 36.8 Å². The molecule has 0 aromatic rings. The Morgan fingerprint density at radius 2 is 1.09 bits per heavy atom. The quantitative estimate of drug-likeness (QED) is 0.314. The number of carbonyl (C=O) groups is 4. The van der Waals surface area contributed by atoms with Gasteiger partial charge in [-0.25, -0.2) is 9.59 Å². The number of rotatable bonds is 10. The van der Waals surface area contributed by atoms with Crippen LogP contribution >= 0.6 is 0 Å². The molecule has 0 radical (unpaired) electrons.